The molecule has 0 aliphatic heterocycles. The minimum Gasteiger partial charge on any atom is -0.160 e. The Kier molecular flexibility index (Phi) is 17.9. The lowest BCUT2D eigenvalue weighted by atomic mass is 9.99. The monoisotopic (exact) mass is 481 g/mol. The van der Waals surface area contributed by atoms with Crippen LogP contribution in [0.2, 0.25) is 0 Å². The maximum Gasteiger partial charge on any atom is 0.447 e. The second-order valence-corrected chi connectivity index (χ2v) is 11.2. The van der Waals surface area contributed by atoms with Gasteiger partial charge in [-0.3, -0.25) is 0 Å². The molecule has 33 heavy (non-hydrogen) atoms. The van der Waals surface area contributed by atoms with Gasteiger partial charge in [0.05, 0.1) is 4.55 Å². The molecule has 1 unspecified atom stereocenters. The van der Waals surface area contributed by atoms with Crippen molar-refractivity contribution in [1.82, 2.24) is 0 Å². The van der Waals surface area contributed by atoms with Crippen molar-refractivity contribution < 1.29 is 13.0 Å². The molecule has 0 bridgehead atoms. The van der Waals surface area contributed by atoms with Gasteiger partial charge in [0.1, 0.15) is 0 Å². The van der Waals surface area contributed by atoms with Crippen LogP contribution in [-0.4, -0.2) is 0 Å². The summed E-state index contributed by atoms with van der Waals surface area (Å²) in [7, 11) is -3.87. The lowest BCUT2D eigenvalue weighted by Crippen LogP contribution is -2.19. The van der Waals surface area contributed by atoms with Crippen molar-refractivity contribution in [2.75, 3.05) is 0 Å². The van der Waals surface area contributed by atoms with Gasteiger partial charge < -0.3 is 0 Å². The standard InChI is InChI=1S/C28H51NO3S/c1-3-5-7-9-11-13-15-17-19-21-26-23-24-28(33(30,31)32-29)27(25-26)22-20-18-16-14-12-10-8-6-4-2/h23-25H,3-22,29H2,1-2H3/q+1. The number of unbranched alkanes of at least 4 members (excludes halogenated alkanes) is 16. The predicted octanol–water partition coefficient (Wildman–Crippen LogP) is 8.84. The van der Waals surface area contributed by atoms with Crippen LogP contribution in [0, 0.1) is 0 Å². The van der Waals surface area contributed by atoms with E-state index in [2.05, 4.69) is 24.2 Å². The van der Waals surface area contributed by atoms with Crippen LogP contribution in [0.1, 0.15) is 141 Å². The average molecular weight is 482 g/mol. The summed E-state index contributed by atoms with van der Waals surface area (Å²) in [6.45, 7) is 4.50. The molecule has 1 atom stereocenters. The molecule has 0 heterocycles. The summed E-state index contributed by atoms with van der Waals surface area (Å²) in [5, 5.41) is 0. The van der Waals surface area contributed by atoms with Crippen molar-refractivity contribution in [1.29, 1.82) is 0 Å². The van der Waals surface area contributed by atoms with Gasteiger partial charge in [0.15, 0.2) is 0 Å². The molecule has 5 heteroatoms. The fraction of sp³-hybridized carbons (Fsp3) is 0.786. The van der Waals surface area contributed by atoms with E-state index in [1.54, 1.807) is 6.07 Å². The molecular weight excluding hydrogens is 430 g/mol. The van der Waals surface area contributed by atoms with Crippen LogP contribution < -0.4 is 5.90 Å². The van der Waals surface area contributed by atoms with Crippen molar-refractivity contribution in [3.8, 4) is 0 Å². The third-order valence-electron chi connectivity index (χ3n) is 6.64. The van der Waals surface area contributed by atoms with Gasteiger partial charge in [-0.25, -0.2) is 0 Å². The lowest BCUT2D eigenvalue weighted by molar-refractivity contribution is 0.261. The molecule has 4 nitrogen and oxygen atoms in total. The highest BCUT2D eigenvalue weighted by atomic mass is 32.3. The minimum absolute atomic E-state index is 0.236. The van der Waals surface area contributed by atoms with Crippen LogP contribution in [0.25, 0.3) is 0 Å². The fourth-order valence-electron chi connectivity index (χ4n) is 4.55. The molecule has 0 spiro atoms. The molecule has 0 saturated carbocycles. The second kappa shape index (κ2) is 19.5. The van der Waals surface area contributed by atoms with E-state index in [9.17, 15) is 8.76 Å². The molecule has 191 valence electrons. The Balaban J connectivity index is 2.42. The number of nitrogens with two attached hydrogens (primary N) is 1. The summed E-state index contributed by atoms with van der Waals surface area (Å²) in [5.74, 6) is 5.07. The van der Waals surface area contributed by atoms with Crippen molar-refractivity contribution in [3.05, 3.63) is 29.3 Å². The third kappa shape index (κ3) is 14.3. The maximum absolute atomic E-state index is 12.3. The summed E-state index contributed by atoms with van der Waals surface area (Å²) >= 11 is 0. The first-order chi connectivity index (χ1) is 16.0. The molecule has 2 N–H and O–H groups in total. The zero-order valence-electron chi connectivity index (χ0n) is 21.6. The molecule has 1 aromatic carbocycles. The highest BCUT2D eigenvalue weighted by molar-refractivity contribution is 7.93. The van der Waals surface area contributed by atoms with Crippen molar-refractivity contribution in [2.24, 2.45) is 5.90 Å². The SMILES string of the molecule is CCCCCCCCCCCc1ccc([S+]([O])(=O)ON)c(CCCCCCCCCCC)c1. The van der Waals surface area contributed by atoms with Crippen molar-refractivity contribution >= 4 is 10.5 Å². The van der Waals surface area contributed by atoms with E-state index in [1.165, 1.54) is 102 Å². The highest BCUT2D eigenvalue weighted by Crippen LogP contribution is 2.26. The van der Waals surface area contributed by atoms with Crippen LogP contribution in [0.15, 0.2) is 23.1 Å². The van der Waals surface area contributed by atoms with Gasteiger partial charge in [0.25, 0.3) is 0 Å². The normalized spacial score (nSPS) is 13.3. The maximum atomic E-state index is 12.3. The molecule has 1 radical (unpaired) electrons. The Hall–Kier alpha value is -0.750. The van der Waals surface area contributed by atoms with Crippen molar-refractivity contribution in [2.45, 2.75) is 147 Å². The summed E-state index contributed by atoms with van der Waals surface area (Å²) in [4.78, 5) is 0.236. The van der Waals surface area contributed by atoms with Gasteiger partial charge in [-0.1, -0.05) is 129 Å². The molecule has 1 aromatic rings. The minimum atomic E-state index is -3.87. The molecule has 0 fully saturated rings. The summed E-state index contributed by atoms with van der Waals surface area (Å²) in [6.07, 6.45) is 24.8. The fourth-order valence-corrected chi connectivity index (χ4v) is 5.37. The van der Waals surface area contributed by atoms with E-state index in [1.807, 2.05) is 6.07 Å². The third-order valence-corrected chi connectivity index (χ3v) is 7.83. The van der Waals surface area contributed by atoms with Gasteiger partial charge in [-0.15, -0.1) is 0 Å². The Morgan fingerprint density at radius 2 is 1.09 bits per heavy atom. The van der Waals surface area contributed by atoms with Crippen LogP contribution in [0.4, 0.5) is 0 Å². The zero-order chi connectivity index (χ0) is 24.2. The molecule has 0 aliphatic rings. The lowest BCUT2D eigenvalue weighted by Gasteiger charge is -2.09. The van der Waals surface area contributed by atoms with Crippen LogP contribution in [0.3, 0.4) is 0 Å². The van der Waals surface area contributed by atoms with E-state index in [0.29, 0.717) is 0 Å². The van der Waals surface area contributed by atoms with Gasteiger partial charge in [0.2, 0.25) is 4.90 Å². The Morgan fingerprint density at radius 3 is 1.55 bits per heavy atom. The highest BCUT2D eigenvalue weighted by Gasteiger charge is 2.37. The molecule has 0 aliphatic carbocycles. The number of benzene rings is 1. The summed E-state index contributed by atoms with van der Waals surface area (Å²) < 4.78 is 28.9. The Labute approximate surface area is 205 Å². The van der Waals surface area contributed by atoms with E-state index in [0.717, 1.165) is 37.7 Å². The smallest absolute Gasteiger partial charge is 0.160 e. The molecular formula is C28H51NO3S+. The van der Waals surface area contributed by atoms with Crippen LogP contribution >= 0.6 is 0 Å². The predicted molar refractivity (Wildman–Crippen MR) is 141 cm³/mol. The zero-order valence-corrected chi connectivity index (χ0v) is 22.4. The van der Waals surface area contributed by atoms with Crippen LogP contribution in [-0.2, 0) is 36.4 Å². The number of hydrogen-bond acceptors (Lipinski definition) is 3. The molecule has 1 rings (SSSR count). The largest absolute Gasteiger partial charge is 0.447 e. The van der Waals surface area contributed by atoms with Gasteiger partial charge in [-0.05, 0) is 39.7 Å². The van der Waals surface area contributed by atoms with Crippen molar-refractivity contribution in [3.63, 3.8) is 0 Å². The number of aryl methyl sites for hydroxylation is 2. The summed E-state index contributed by atoms with van der Waals surface area (Å²) in [6, 6.07) is 5.69. The van der Waals surface area contributed by atoms with E-state index in [4.69, 9.17) is 5.90 Å². The number of hydrogen-bond donors (Lipinski definition) is 1. The topological polar surface area (TPSA) is 72.2 Å². The van der Waals surface area contributed by atoms with Gasteiger partial charge >= 0.3 is 10.5 Å². The second-order valence-electron chi connectivity index (χ2n) is 9.65. The number of rotatable bonds is 22. The van der Waals surface area contributed by atoms with Gasteiger partial charge in [-0.2, -0.15) is 5.90 Å². The average Bonchev–Trinajstić information content (AvgIpc) is 2.82. The Morgan fingerprint density at radius 1 is 0.667 bits per heavy atom. The molecule has 0 saturated heterocycles. The quantitative estimate of drug-likeness (QED) is 0.102. The summed E-state index contributed by atoms with van der Waals surface area (Å²) in [5.41, 5.74) is 2.08. The van der Waals surface area contributed by atoms with E-state index in [-0.39, 0.29) is 4.90 Å². The first kappa shape index (κ1) is 30.3. The first-order valence-corrected chi connectivity index (χ1v) is 15.2. The van der Waals surface area contributed by atoms with E-state index < -0.39 is 10.5 Å². The molecule has 0 amide bonds. The first-order valence-electron chi connectivity index (χ1n) is 13.8. The van der Waals surface area contributed by atoms with Crippen LogP contribution in [0.5, 0.6) is 0 Å². The van der Waals surface area contributed by atoms with E-state index >= 15 is 0 Å². The molecule has 0 aromatic heterocycles. The Bertz CT molecular complexity index is 650. The van der Waals surface area contributed by atoms with Gasteiger partial charge in [0, 0.05) is 11.6 Å².